The van der Waals surface area contributed by atoms with Gasteiger partial charge in [0.2, 0.25) is 5.95 Å². The van der Waals surface area contributed by atoms with Gasteiger partial charge in [-0.3, -0.25) is 0 Å². The number of hydrogen-bond donors (Lipinski definition) is 1. The number of rotatable bonds is 2. The molecule has 0 amide bonds. The molecule has 1 atom stereocenters. The maximum absolute atomic E-state index is 4.32. The number of hydrogen-bond acceptors (Lipinski definition) is 4. The summed E-state index contributed by atoms with van der Waals surface area (Å²) in [6, 6.07) is 0.483. The smallest absolute Gasteiger partial charge is 0.227 e. The van der Waals surface area contributed by atoms with Crippen molar-refractivity contribution in [2.75, 3.05) is 24.5 Å². The lowest BCUT2D eigenvalue weighted by Gasteiger charge is -2.34. The van der Waals surface area contributed by atoms with Crippen molar-refractivity contribution in [1.29, 1.82) is 0 Å². The molecule has 0 bridgehead atoms. The predicted octanol–water partition coefficient (Wildman–Crippen LogP) is 0.737. The van der Waals surface area contributed by atoms with Gasteiger partial charge in [-0.1, -0.05) is 13.8 Å². The molecular formula is C11H21N5. The molecule has 0 saturated carbocycles. The Kier molecular flexibility index (Phi) is 3.14. The minimum Gasteiger partial charge on any atom is -0.336 e. The lowest BCUT2D eigenvalue weighted by Crippen LogP contribution is -2.50. The monoisotopic (exact) mass is 223 g/mol. The second-order valence-corrected chi connectivity index (χ2v) is 4.82. The van der Waals surface area contributed by atoms with Crippen molar-refractivity contribution in [2.24, 2.45) is 7.05 Å². The highest BCUT2D eigenvalue weighted by molar-refractivity contribution is 5.34. The van der Waals surface area contributed by atoms with Crippen molar-refractivity contribution in [3.8, 4) is 0 Å². The van der Waals surface area contributed by atoms with Gasteiger partial charge in [-0.15, -0.1) is 10.2 Å². The second-order valence-electron chi connectivity index (χ2n) is 4.82. The molecule has 2 heterocycles. The van der Waals surface area contributed by atoms with Crippen LogP contribution in [-0.2, 0) is 7.05 Å². The summed E-state index contributed by atoms with van der Waals surface area (Å²) >= 11 is 0. The highest BCUT2D eigenvalue weighted by Crippen LogP contribution is 2.19. The third-order valence-corrected chi connectivity index (χ3v) is 3.16. The molecule has 16 heavy (non-hydrogen) atoms. The Hall–Kier alpha value is -1.10. The molecule has 1 aliphatic heterocycles. The van der Waals surface area contributed by atoms with E-state index in [0.29, 0.717) is 12.0 Å². The van der Waals surface area contributed by atoms with E-state index in [0.717, 1.165) is 31.4 Å². The fraction of sp³-hybridized carbons (Fsp3) is 0.818. The molecule has 90 valence electrons. The van der Waals surface area contributed by atoms with E-state index in [4.69, 9.17) is 0 Å². The van der Waals surface area contributed by atoms with Gasteiger partial charge in [0.05, 0.1) is 0 Å². The van der Waals surface area contributed by atoms with Crippen LogP contribution in [0.5, 0.6) is 0 Å². The van der Waals surface area contributed by atoms with Crippen LogP contribution in [0.2, 0.25) is 0 Å². The van der Waals surface area contributed by atoms with Crippen LogP contribution in [0.4, 0.5) is 5.95 Å². The molecule has 1 unspecified atom stereocenters. The fourth-order valence-electron chi connectivity index (χ4n) is 2.22. The van der Waals surface area contributed by atoms with E-state index < -0.39 is 0 Å². The first-order valence-electron chi connectivity index (χ1n) is 5.98. The summed E-state index contributed by atoms with van der Waals surface area (Å²) in [6.07, 6.45) is 0. The third-order valence-electron chi connectivity index (χ3n) is 3.16. The molecule has 5 heteroatoms. The molecule has 1 aromatic rings. The van der Waals surface area contributed by atoms with Gasteiger partial charge in [0.1, 0.15) is 5.82 Å². The molecule has 2 rings (SSSR count). The Labute approximate surface area is 96.8 Å². The lowest BCUT2D eigenvalue weighted by atomic mass is 10.2. The van der Waals surface area contributed by atoms with Crippen LogP contribution < -0.4 is 10.2 Å². The standard InChI is InChI=1S/C11H21N5/c1-8(2)10-13-14-11(15(10)4)16-6-5-12-7-9(16)3/h8-9,12H,5-7H2,1-4H3. The van der Waals surface area contributed by atoms with Crippen LogP contribution in [0.1, 0.15) is 32.5 Å². The van der Waals surface area contributed by atoms with E-state index >= 15 is 0 Å². The summed E-state index contributed by atoms with van der Waals surface area (Å²) < 4.78 is 2.12. The summed E-state index contributed by atoms with van der Waals surface area (Å²) in [4.78, 5) is 2.33. The predicted molar refractivity (Wildman–Crippen MR) is 64.8 cm³/mol. The molecule has 0 aromatic carbocycles. The normalized spacial score (nSPS) is 21.8. The Morgan fingerprint density at radius 3 is 2.69 bits per heavy atom. The zero-order valence-corrected chi connectivity index (χ0v) is 10.6. The van der Waals surface area contributed by atoms with Gasteiger partial charge < -0.3 is 14.8 Å². The molecule has 1 aromatic heterocycles. The number of piperazine rings is 1. The van der Waals surface area contributed by atoms with Crippen LogP contribution in [0, 0.1) is 0 Å². The van der Waals surface area contributed by atoms with Crippen LogP contribution >= 0.6 is 0 Å². The van der Waals surface area contributed by atoms with Crippen LogP contribution in [0.15, 0.2) is 0 Å². The summed E-state index contributed by atoms with van der Waals surface area (Å²) in [7, 11) is 2.05. The summed E-state index contributed by atoms with van der Waals surface area (Å²) in [5.41, 5.74) is 0. The van der Waals surface area contributed by atoms with E-state index in [-0.39, 0.29) is 0 Å². The quantitative estimate of drug-likeness (QED) is 0.803. The Balaban J connectivity index is 2.26. The highest BCUT2D eigenvalue weighted by Gasteiger charge is 2.23. The van der Waals surface area contributed by atoms with Gasteiger partial charge in [-0.25, -0.2) is 0 Å². The molecule has 0 spiro atoms. The summed E-state index contributed by atoms with van der Waals surface area (Å²) in [5, 5.41) is 12.0. The van der Waals surface area contributed by atoms with Crippen LogP contribution in [-0.4, -0.2) is 40.4 Å². The Bertz CT molecular complexity index is 357. The molecule has 1 fully saturated rings. The van der Waals surface area contributed by atoms with Gasteiger partial charge in [-0.05, 0) is 6.92 Å². The summed E-state index contributed by atoms with van der Waals surface area (Å²) in [5.74, 6) is 2.47. The van der Waals surface area contributed by atoms with E-state index in [1.807, 2.05) is 0 Å². The number of nitrogens with one attached hydrogen (secondary N) is 1. The molecule has 5 nitrogen and oxygen atoms in total. The maximum atomic E-state index is 4.32. The zero-order valence-electron chi connectivity index (χ0n) is 10.6. The third kappa shape index (κ3) is 1.91. The maximum Gasteiger partial charge on any atom is 0.227 e. The van der Waals surface area contributed by atoms with Crippen LogP contribution in [0.25, 0.3) is 0 Å². The molecule has 1 saturated heterocycles. The van der Waals surface area contributed by atoms with Gasteiger partial charge in [0.25, 0.3) is 0 Å². The average molecular weight is 223 g/mol. The van der Waals surface area contributed by atoms with Gasteiger partial charge in [0.15, 0.2) is 0 Å². The Morgan fingerprint density at radius 1 is 1.38 bits per heavy atom. The van der Waals surface area contributed by atoms with Crippen molar-refractivity contribution in [3.63, 3.8) is 0 Å². The minimum atomic E-state index is 0.421. The van der Waals surface area contributed by atoms with Gasteiger partial charge in [0, 0.05) is 38.6 Å². The number of nitrogens with zero attached hydrogens (tertiary/aromatic N) is 4. The topological polar surface area (TPSA) is 46.0 Å². The van der Waals surface area contributed by atoms with Crippen molar-refractivity contribution < 1.29 is 0 Å². The zero-order chi connectivity index (χ0) is 11.7. The van der Waals surface area contributed by atoms with E-state index in [9.17, 15) is 0 Å². The fourth-order valence-corrected chi connectivity index (χ4v) is 2.22. The number of aromatic nitrogens is 3. The SMILES string of the molecule is CC(C)c1nnc(N2CCNCC2C)n1C. The van der Waals surface area contributed by atoms with Crippen molar-refractivity contribution in [3.05, 3.63) is 5.82 Å². The number of anilines is 1. The molecule has 0 radical (unpaired) electrons. The van der Waals surface area contributed by atoms with Gasteiger partial charge in [-0.2, -0.15) is 0 Å². The molecule has 0 aliphatic carbocycles. The lowest BCUT2D eigenvalue weighted by molar-refractivity contribution is 0.487. The van der Waals surface area contributed by atoms with Crippen LogP contribution in [0.3, 0.4) is 0 Å². The average Bonchev–Trinajstić information content (AvgIpc) is 2.61. The largest absolute Gasteiger partial charge is 0.336 e. The summed E-state index contributed by atoms with van der Waals surface area (Å²) in [6.45, 7) is 9.56. The molecule has 1 aliphatic rings. The first-order chi connectivity index (χ1) is 7.61. The first-order valence-corrected chi connectivity index (χ1v) is 5.98. The van der Waals surface area contributed by atoms with Crippen molar-refractivity contribution in [2.45, 2.75) is 32.7 Å². The first kappa shape index (κ1) is 11.4. The van der Waals surface area contributed by atoms with E-state index in [2.05, 4.69) is 52.8 Å². The van der Waals surface area contributed by atoms with Gasteiger partial charge >= 0.3 is 0 Å². The van der Waals surface area contributed by atoms with E-state index in [1.54, 1.807) is 0 Å². The van der Waals surface area contributed by atoms with E-state index in [1.165, 1.54) is 0 Å². The second kappa shape index (κ2) is 4.41. The minimum absolute atomic E-state index is 0.421. The molecule has 1 N–H and O–H groups in total. The Morgan fingerprint density at radius 2 is 2.12 bits per heavy atom. The van der Waals surface area contributed by atoms with Crippen molar-refractivity contribution in [1.82, 2.24) is 20.1 Å². The molecular weight excluding hydrogens is 202 g/mol. The highest BCUT2D eigenvalue weighted by atomic mass is 15.4. The van der Waals surface area contributed by atoms with Crippen molar-refractivity contribution >= 4 is 5.95 Å².